The van der Waals surface area contributed by atoms with Gasteiger partial charge in [-0.25, -0.2) is 13.2 Å². The summed E-state index contributed by atoms with van der Waals surface area (Å²) in [6.45, 7) is 1.65. The molecule has 0 bridgehead atoms. The van der Waals surface area contributed by atoms with Crippen molar-refractivity contribution >= 4 is 11.6 Å². The minimum Gasteiger partial charge on any atom is -0.219 e. The van der Waals surface area contributed by atoms with Crippen LogP contribution in [0, 0.1) is 5.92 Å². The van der Waals surface area contributed by atoms with E-state index >= 15 is 0 Å². The highest BCUT2D eigenvalue weighted by Crippen LogP contribution is 2.57. The Labute approximate surface area is 62.4 Å². The minimum atomic E-state index is -3.31. The van der Waals surface area contributed by atoms with Crippen molar-refractivity contribution in [2.24, 2.45) is 5.92 Å². The zero-order chi connectivity index (χ0) is 7.99. The van der Waals surface area contributed by atoms with E-state index in [1.807, 2.05) is 0 Å². The van der Waals surface area contributed by atoms with Crippen molar-refractivity contribution in [1.29, 1.82) is 0 Å². The average molecular weight is 173 g/mol. The van der Waals surface area contributed by atoms with Gasteiger partial charge in [0.25, 0.3) is 5.92 Å². The van der Waals surface area contributed by atoms with Gasteiger partial charge in [-0.2, -0.15) is 0 Å². The second-order valence-electron chi connectivity index (χ2n) is 2.64. The van der Waals surface area contributed by atoms with Crippen LogP contribution < -0.4 is 0 Å². The second kappa shape index (κ2) is 2.03. The van der Waals surface area contributed by atoms with E-state index in [-0.39, 0.29) is 0 Å². The molecule has 0 saturated heterocycles. The Morgan fingerprint density at radius 3 is 2.10 bits per heavy atom. The van der Waals surface area contributed by atoms with Crippen LogP contribution in [0.25, 0.3) is 0 Å². The molecule has 0 radical (unpaired) electrons. The number of rotatable bonds is 1. The first kappa shape index (κ1) is 8.18. The highest BCUT2D eigenvalue weighted by Gasteiger charge is 2.68. The molecule has 2 atom stereocenters. The number of hydrogen-bond acceptors (Lipinski definition) is 0. The second-order valence-corrected chi connectivity index (χ2v) is 3.19. The van der Waals surface area contributed by atoms with Gasteiger partial charge in [0, 0.05) is 12.3 Å². The summed E-state index contributed by atoms with van der Waals surface area (Å²) in [4.78, 5) is 0. The summed E-state index contributed by atoms with van der Waals surface area (Å²) in [6, 6.07) is 0. The van der Waals surface area contributed by atoms with Gasteiger partial charge in [-0.1, -0.05) is 18.5 Å². The van der Waals surface area contributed by atoms with Crippen LogP contribution in [0.4, 0.5) is 13.2 Å². The fourth-order valence-corrected chi connectivity index (χ4v) is 1.45. The van der Waals surface area contributed by atoms with E-state index in [9.17, 15) is 13.2 Å². The first-order valence-corrected chi connectivity index (χ1v) is 3.55. The number of hydrogen-bond donors (Lipinski definition) is 0. The lowest BCUT2D eigenvalue weighted by Gasteiger charge is -2.45. The van der Waals surface area contributed by atoms with E-state index in [0.717, 1.165) is 0 Å². The van der Waals surface area contributed by atoms with Gasteiger partial charge >= 0.3 is 0 Å². The molecule has 2 unspecified atom stereocenters. The Bertz CT molecular complexity index is 144. The highest BCUT2D eigenvalue weighted by atomic mass is 35.5. The van der Waals surface area contributed by atoms with Crippen molar-refractivity contribution in [3.8, 4) is 0 Å². The molecule has 1 fully saturated rings. The monoisotopic (exact) mass is 172 g/mol. The Morgan fingerprint density at radius 2 is 2.00 bits per heavy atom. The summed E-state index contributed by atoms with van der Waals surface area (Å²) in [6.07, 6.45) is -0.0426. The zero-order valence-corrected chi connectivity index (χ0v) is 6.26. The smallest absolute Gasteiger partial charge is 0.219 e. The molecule has 0 aromatic heterocycles. The van der Waals surface area contributed by atoms with E-state index in [2.05, 4.69) is 0 Å². The standard InChI is InChI=1S/C6H8ClF3/c1-2-4-3-5(8,9)6(4,7)10/h4H,2-3H2,1H3. The predicted octanol–water partition coefficient (Wildman–Crippen LogP) is 2.96. The molecule has 1 aliphatic rings. The van der Waals surface area contributed by atoms with Gasteiger partial charge in [0.15, 0.2) is 0 Å². The SMILES string of the molecule is CCC1CC(F)(F)C1(F)Cl. The molecule has 0 aliphatic heterocycles. The van der Waals surface area contributed by atoms with Gasteiger partial charge in [0.2, 0.25) is 5.13 Å². The van der Waals surface area contributed by atoms with Crippen LogP contribution in [0.3, 0.4) is 0 Å². The van der Waals surface area contributed by atoms with Crippen LogP contribution in [-0.4, -0.2) is 11.1 Å². The summed E-state index contributed by atoms with van der Waals surface area (Å²) in [5, 5.41) is -2.78. The van der Waals surface area contributed by atoms with E-state index < -0.39 is 23.4 Å². The maximum Gasteiger partial charge on any atom is 0.295 e. The number of alkyl halides is 4. The third kappa shape index (κ3) is 0.831. The maximum atomic E-state index is 12.7. The quantitative estimate of drug-likeness (QED) is 0.534. The van der Waals surface area contributed by atoms with Gasteiger partial charge < -0.3 is 0 Å². The molecule has 1 saturated carbocycles. The van der Waals surface area contributed by atoms with Crippen LogP contribution in [0.2, 0.25) is 0 Å². The Balaban J connectivity index is 2.65. The van der Waals surface area contributed by atoms with Gasteiger partial charge in [0.1, 0.15) is 0 Å². The molecule has 0 N–H and O–H groups in total. The molecule has 4 heteroatoms. The summed E-state index contributed by atoms with van der Waals surface area (Å²) in [5.74, 6) is -3.99. The molecule has 1 aliphatic carbocycles. The molecule has 0 amide bonds. The van der Waals surface area contributed by atoms with Gasteiger partial charge in [-0.05, 0) is 6.42 Å². The van der Waals surface area contributed by atoms with Crippen molar-refractivity contribution in [1.82, 2.24) is 0 Å². The molecule has 0 heterocycles. The van der Waals surface area contributed by atoms with Crippen molar-refractivity contribution in [2.75, 3.05) is 0 Å². The van der Waals surface area contributed by atoms with E-state index in [1.165, 1.54) is 0 Å². The fraction of sp³-hybridized carbons (Fsp3) is 1.00. The molecule has 0 aromatic rings. The summed E-state index contributed by atoms with van der Waals surface area (Å²) in [7, 11) is 0. The topological polar surface area (TPSA) is 0 Å². The van der Waals surface area contributed by atoms with Crippen molar-refractivity contribution < 1.29 is 13.2 Å². The molecule has 0 nitrogen and oxygen atoms in total. The van der Waals surface area contributed by atoms with Crippen molar-refractivity contribution in [2.45, 2.75) is 30.8 Å². The molecule has 0 spiro atoms. The largest absolute Gasteiger partial charge is 0.295 e. The normalized spacial score (nSPS) is 44.7. The lowest BCUT2D eigenvalue weighted by molar-refractivity contribution is -0.207. The van der Waals surface area contributed by atoms with E-state index in [0.29, 0.717) is 6.42 Å². The van der Waals surface area contributed by atoms with E-state index in [1.54, 1.807) is 6.92 Å². The summed E-state index contributed by atoms with van der Waals surface area (Å²) < 4.78 is 37.2. The molecule has 10 heavy (non-hydrogen) atoms. The fourth-order valence-electron chi connectivity index (χ4n) is 1.14. The minimum absolute atomic E-state index is 0.371. The lowest BCUT2D eigenvalue weighted by Crippen LogP contribution is -2.57. The first-order chi connectivity index (χ1) is 4.42. The highest BCUT2D eigenvalue weighted by molar-refractivity contribution is 6.24. The van der Waals surface area contributed by atoms with E-state index in [4.69, 9.17) is 11.6 Å². The van der Waals surface area contributed by atoms with Crippen molar-refractivity contribution in [3.05, 3.63) is 0 Å². The third-order valence-electron chi connectivity index (χ3n) is 2.00. The van der Waals surface area contributed by atoms with Gasteiger partial charge in [0.05, 0.1) is 0 Å². The third-order valence-corrected chi connectivity index (χ3v) is 2.58. The van der Waals surface area contributed by atoms with Crippen LogP contribution in [-0.2, 0) is 0 Å². The number of halogens is 4. The molecule has 60 valence electrons. The van der Waals surface area contributed by atoms with Gasteiger partial charge in [-0.3, -0.25) is 0 Å². The molecule has 1 rings (SSSR count). The Morgan fingerprint density at radius 1 is 1.50 bits per heavy atom. The summed E-state index contributed by atoms with van der Waals surface area (Å²) in [5.41, 5.74) is 0. The summed E-state index contributed by atoms with van der Waals surface area (Å²) >= 11 is 4.95. The molecule has 0 aromatic carbocycles. The lowest BCUT2D eigenvalue weighted by atomic mass is 9.77. The average Bonchev–Trinajstić information content (AvgIpc) is 1.83. The van der Waals surface area contributed by atoms with Crippen LogP contribution >= 0.6 is 11.6 Å². The van der Waals surface area contributed by atoms with Crippen LogP contribution in [0.5, 0.6) is 0 Å². The molecular formula is C6H8ClF3. The Kier molecular flexibility index (Phi) is 1.66. The molecular weight excluding hydrogens is 165 g/mol. The Hall–Kier alpha value is 0.0800. The van der Waals surface area contributed by atoms with Crippen LogP contribution in [0.1, 0.15) is 19.8 Å². The zero-order valence-electron chi connectivity index (χ0n) is 5.50. The first-order valence-electron chi connectivity index (χ1n) is 3.17. The predicted molar refractivity (Wildman–Crippen MR) is 33.0 cm³/mol. The maximum absolute atomic E-state index is 12.7. The van der Waals surface area contributed by atoms with Crippen LogP contribution in [0.15, 0.2) is 0 Å². The van der Waals surface area contributed by atoms with Gasteiger partial charge in [-0.15, -0.1) is 0 Å². The van der Waals surface area contributed by atoms with Crippen molar-refractivity contribution in [3.63, 3.8) is 0 Å².